The lowest BCUT2D eigenvalue weighted by atomic mass is 9.99. The summed E-state index contributed by atoms with van der Waals surface area (Å²) in [6.45, 7) is 4.87. The first-order valence-corrected chi connectivity index (χ1v) is 8.35. The standard InChI is InChI=1S/C19H22N2O4/c1-12(2)7-14(21-19(22)23)11-24-15-3-4-17-16-5-6-20-9-13(16)10-25-18(17)8-15/h3-6,8-9,12,14,21H,7,10-11H2,1-2H3,(H,22,23). The number of amides is 1. The Balaban J connectivity index is 1.71. The quantitative estimate of drug-likeness (QED) is 0.836. The lowest BCUT2D eigenvalue weighted by Gasteiger charge is -2.22. The summed E-state index contributed by atoms with van der Waals surface area (Å²) in [5.74, 6) is 1.80. The molecule has 1 atom stereocenters. The number of rotatable bonds is 6. The van der Waals surface area contributed by atoms with E-state index in [0.717, 1.165) is 22.4 Å². The minimum absolute atomic E-state index is 0.249. The third-order valence-electron chi connectivity index (χ3n) is 4.06. The Morgan fingerprint density at radius 3 is 2.96 bits per heavy atom. The fourth-order valence-electron chi connectivity index (χ4n) is 3.00. The van der Waals surface area contributed by atoms with Gasteiger partial charge in [-0.25, -0.2) is 4.79 Å². The molecule has 1 aliphatic rings. The molecule has 132 valence electrons. The SMILES string of the molecule is CC(C)CC(COc1ccc2c(c1)OCc1cnccc1-2)NC(=O)O. The van der Waals surface area contributed by atoms with Gasteiger partial charge in [0.05, 0.1) is 6.04 Å². The lowest BCUT2D eigenvalue weighted by molar-refractivity contribution is 0.176. The number of hydrogen-bond acceptors (Lipinski definition) is 4. The number of hydrogen-bond donors (Lipinski definition) is 2. The van der Waals surface area contributed by atoms with Crippen LogP contribution in [-0.2, 0) is 6.61 Å². The van der Waals surface area contributed by atoms with Crippen molar-refractivity contribution in [2.45, 2.75) is 32.9 Å². The van der Waals surface area contributed by atoms with Gasteiger partial charge in [0.25, 0.3) is 0 Å². The third-order valence-corrected chi connectivity index (χ3v) is 4.06. The number of fused-ring (bicyclic) bond motifs is 3. The lowest BCUT2D eigenvalue weighted by Crippen LogP contribution is -2.39. The molecule has 0 aliphatic carbocycles. The number of carboxylic acid groups (broad SMARTS) is 1. The molecular weight excluding hydrogens is 320 g/mol. The van der Waals surface area contributed by atoms with E-state index in [1.807, 2.05) is 30.5 Å². The van der Waals surface area contributed by atoms with E-state index in [9.17, 15) is 4.79 Å². The second kappa shape index (κ2) is 7.42. The fraction of sp³-hybridized carbons (Fsp3) is 0.368. The largest absolute Gasteiger partial charge is 0.491 e. The van der Waals surface area contributed by atoms with Crippen LogP contribution in [0.2, 0.25) is 0 Å². The Morgan fingerprint density at radius 1 is 1.36 bits per heavy atom. The summed E-state index contributed by atoms with van der Waals surface area (Å²) >= 11 is 0. The van der Waals surface area contributed by atoms with Gasteiger partial charge in [0.1, 0.15) is 24.7 Å². The molecule has 0 bridgehead atoms. The average molecular weight is 342 g/mol. The third kappa shape index (κ3) is 4.21. The Hall–Kier alpha value is -2.76. The molecule has 1 aromatic heterocycles. The maximum Gasteiger partial charge on any atom is 0.404 e. The van der Waals surface area contributed by atoms with E-state index < -0.39 is 6.09 Å². The average Bonchev–Trinajstić information content (AvgIpc) is 2.58. The van der Waals surface area contributed by atoms with Crippen molar-refractivity contribution in [1.29, 1.82) is 0 Å². The highest BCUT2D eigenvalue weighted by molar-refractivity contribution is 5.75. The second-order valence-electron chi connectivity index (χ2n) is 6.57. The molecule has 1 amide bonds. The van der Waals surface area contributed by atoms with Gasteiger partial charge in [0, 0.05) is 29.6 Å². The monoisotopic (exact) mass is 342 g/mol. The van der Waals surface area contributed by atoms with Gasteiger partial charge in [0.15, 0.2) is 0 Å². The molecule has 1 aliphatic heterocycles. The number of ether oxygens (including phenoxy) is 2. The van der Waals surface area contributed by atoms with Crippen LogP contribution in [0.4, 0.5) is 4.79 Å². The number of pyridine rings is 1. The maximum atomic E-state index is 10.9. The van der Waals surface area contributed by atoms with Crippen molar-refractivity contribution in [3.63, 3.8) is 0 Å². The summed E-state index contributed by atoms with van der Waals surface area (Å²) in [5.41, 5.74) is 3.19. The first kappa shape index (κ1) is 17.1. The number of benzene rings is 1. The van der Waals surface area contributed by atoms with Crippen LogP contribution < -0.4 is 14.8 Å². The Kier molecular flexibility index (Phi) is 5.07. The van der Waals surface area contributed by atoms with Gasteiger partial charge in [-0.15, -0.1) is 0 Å². The van der Waals surface area contributed by atoms with Gasteiger partial charge in [-0.2, -0.15) is 0 Å². The van der Waals surface area contributed by atoms with Gasteiger partial charge < -0.3 is 19.9 Å². The van der Waals surface area contributed by atoms with Crippen molar-refractivity contribution >= 4 is 6.09 Å². The number of aromatic nitrogens is 1. The van der Waals surface area contributed by atoms with E-state index in [-0.39, 0.29) is 12.6 Å². The van der Waals surface area contributed by atoms with Crippen molar-refractivity contribution in [1.82, 2.24) is 10.3 Å². The summed E-state index contributed by atoms with van der Waals surface area (Å²) in [5, 5.41) is 11.5. The molecule has 0 radical (unpaired) electrons. The van der Waals surface area contributed by atoms with Crippen molar-refractivity contribution in [2.24, 2.45) is 5.92 Å². The van der Waals surface area contributed by atoms with Crippen LogP contribution in [-0.4, -0.2) is 28.8 Å². The molecule has 2 N–H and O–H groups in total. The van der Waals surface area contributed by atoms with Crippen LogP contribution in [0.15, 0.2) is 36.7 Å². The molecule has 2 aromatic rings. The Labute approximate surface area is 146 Å². The van der Waals surface area contributed by atoms with Crippen LogP contribution in [0.25, 0.3) is 11.1 Å². The van der Waals surface area contributed by atoms with Crippen molar-refractivity contribution in [2.75, 3.05) is 6.61 Å². The first-order chi connectivity index (χ1) is 12.0. The normalized spacial score (nSPS) is 13.4. The summed E-state index contributed by atoms with van der Waals surface area (Å²) < 4.78 is 11.6. The zero-order valence-electron chi connectivity index (χ0n) is 14.4. The number of carbonyl (C=O) groups is 1. The van der Waals surface area contributed by atoms with E-state index in [1.54, 1.807) is 6.20 Å². The summed E-state index contributed by atoms with van der Waals surface area (Å²) in [6.07, 6.45) is 3.27. The molecule has 0 spiro atoms. The summed E-state index contributed by atoms with van der Waals surface area (Å²) in [4.78, 5) is 15.0. The molecule has 0 fully saturated rings. The molecular formula is C19H22N2O4. The highest BCUT2D eigenvalue weighted by Gasteiger charge is 2.19. The predicted octanol–water partition coefficient (Wildman–Crippen LogP) is 3.70. The van der Waals surface area contributed by atoms with Gasteiger partial charge >= 0.3 is 6.09 Å². The molecule has 0 saturated heterocycles. The minimum atomic E-state index is -1.03. The molecule has 3 rings (SSSR count). The zero-order chi connectivity index (χ0) is 17.8. The molecule has 25 heavy (non-hydrogen) atoms. The van der Waals surface area contributed by atoms with Gasteiger partial charge in [-0.05, 0) is 36.1 Å². The van der Waals surface area contributed by atoms with E-state index in [4.69, 9.17) is 14.6 Å². The zero-order valence-corrected chi connectivity index (χ0v) is 14.4. The molecule has 2 heterocycles. The van der Waals surface area contributed by atoms with Crippen molar-refractivity contribution in [3.05, 3.63) is 42.2 Å². The van der Waals surface area contributed by atoms with Crippen LogP contribution in [0, 0.1) is 5.92 Å². The highest BCUT2D eigenvalue weighted by Crippen LogP contribution is 2.39. The predicted molar refractivity (Wildman–Crippen MR) is 93.9 cm³/mol. The smallest absolute Gasteiger partial charge is 0.404 e. The molecule has 6 heteroatoms. The van der Waals surface area contributed by atoms with Crippen LogP contribution in [0.5, 0.6) is 11.5 Å². The number of nitrogens with one attached hydrogen (secondary N) is 1. The van der Waals surface area contributed by atoms with E-state index in [1.165, 1.54) is 0 Å². The fourth-order valence-corrected chi connectivity index (χ4v) is 3.00. The molecule has 1 aromatic carbocycles. The molecule has 0 saturated carbocycles. The number of nitrogens with zero attached hydrogens (tertiary/aromatic N) is 1. The van der Waals surface area contributed by atoms with Crippen LogP contribution in [0.1, 0.15) is 25.8 Å². The Bertz CT molecular complexity index is 761. The van der Waals surface area contributed by atoms with Gasteiger partial charge in [-0.3, -0.25) is 4.98 Å². The molecule has 1 unspecified atom stereocenters. The van der Waals surface area contributed by atoms with Gasteiger partial charge in [-0.1, -0.05) is 13.8 Å². The van der Waals surface area contributed by atoms with Crippen LogP contribution >= 0.6 is 0 Å². The summed E-state index contributed by atoms with van der Waals surface area (Å²) in [7, 11) is 0. The minimum Gasteiger partial charge on any atom is -0.491 e. The second-order valence-corrected chi connectivity index (χ2v) is 6.57. The molecule has 6 nitrogen and oxygen atoms in total. The van der Waals surface area contributed by atoms with Gasteiger partial charge in [0.2, 0.25) is 0 Å². The van der Waals surface area contributed by atoms with E-state index in [2.05, 4.69) is 24.1 Å². The highest BCUT2D eigenvalue weighted by atomic mass is 16.5. The van der Waals surface area contributed by atoms with E-state index >= 15 is 0 Å². The van der Waals surface area contributed by atoms with Crippen molar-refractivity contribution < 1.29 is 19.4 Å². The topological polar surface area (TPSA) is 80.7 Å². The Morgan fingerprint density at radius 2 is 2.20 bits per heavy atom. The maximum absolute atomic E-state index is 10.9. The van der Waals surface area contributed by atoms with Crippen LogP contribution in [0.3, 0.4) is 0 Å². The summed E-state index contributed by atoms with van der Waals surface area (Å²) in [6, 6.07) is 7.43. The van der Waals surface area contributed by atoms with Crippen molar-refractivity contribution in [3.8, 4) is 22.6 Å². The van der Waals surface area contributed by atoms with E-state index in [0.29, 0.717) is 24.7 Å². The first-order valence-electron chi connectivity index (χ1n) is 8.35.